The third-order valence-electron chi connectivity index (χ3n) is 3.78. The molecular formula is C17H26O2. The first-order chi connectivity index (χ1) is 8.62. The Balaban J connectivity index is 2.69. The topological polar surface area (TPSA) is 25.1 Å². The molecule has 0 radical (unpaired) electrons. The maximum Gasteiger partial charge on any atom is 0.259 e. The summed E-state index contributed by atoms with van der Waals surface area (Å²) in [5.41, 5.74) is 4.11. The van der Waals surface area contributed by atoms with Crippen molar-refractivity contribution in [3.8, 4) is 0 Å². The van der Waals surface area contributed by atoms with E-state index in [1.807, 2.05) is 0 Å². The zero-order chi connectivity index (χ0) is 14.5. The third kappa shape index (κ3) is 2.56. The fraction of sp³-hybridized carbons (Fsp3) is 0.647. The highest BCUT2D eigenvalue weighted by atomic mass is 17.4. The highest BCUT2D eigenvalue weighted by Gasteiger charge is 2.51. The molecule has 2 nitrogen and oxygen atoms in total. The van der Waals surface area contributed by atoms with Crippen molar-refractivity contribution in [3.63, 3.8) is 0 Å². The minimum absolute atomic E-state index is 0.0662. The Labute approximate surface area is 117 Å². The molecule has 1 aliphatic rings. The summed E-state index contributed by atoms with van der Waals surface area (Å²) < 4.78 is 0. The smallest absolute Gasteiger partial charge is 0.189 e. The molecule has 0 N–H and O–H groups in total. The molecule has 0 spiro atoms. The van der Waals surface area contributed by atoms with Gasteiger partial charge < -0.3 is 0 Å². The van der Waals surface area contributed by atoms with Crippen LogP contribution < -0.4 is 0 Å². The minimum Gasteiger partial charge on any atom is -0.189 e. The van der Waals surface area contributed by atoms with Crippen LogP contribution in [-0.4, -0.2) is 0 Å². The molecule has 2 rings (SSSR count). The van der Waals surface area contributed by atoms with Crippen LogP contribution in [0.25, 0.3) is 0 Å². The van der Waals surface area contributed by atoms with Gasteiger partial charge in [0.2, 0.25) is 0 Å². The fourth-order valence-electron chi connectivity index (χ4n) is 2.75. The summed E-state index contributed by atoms with van der Waals surface area (Å²) in [5, 5.41) is 0. The zero-order valence-electron chi connectivity index (χ0n) is 13.3. The number of hydrogen-bond acceptors (Lipinski definition) is 2. The lowest BCUT2D eigenvalue weighted by Crippen LogP contribution is -2.26. The second-order valence-corrected chi connectivity index (χ2v) is 7.50. The van der Waals surface area contributed by atoms with Gasteiger partial charge in [-0.25, -0.2) is 0 Å². The summed E-state index contributed by atoms with van der Waals surface area (Å²) in [4.78, 5) is 10.7. The van der Waals surface area contributed by atoms with Gasteiger partial charge in [0.15, 0.2) is 0 Å². The number of rotatable bonds is 2. The first kappa shape index (κ1) is 14.5. The van der Waals surface area contributed by atoms with Gasteiger partial charge >= 0.3 is 0 Å². The van der Waals surface area contributed by atoms with Crippen LogP contribution in [0.1, 0.15) is 71.6 Å². The fourth-order valence-corrected chi connectivity index (χ4v) is 2.75. The maximum atomic E-state index is 5.33. The first-order valence-corrected chi connectivity index (χ1v) is 7.13. The molecule has 1 aromatic carbocycles. The lowest BCUT2D eigenvalue weighted by Gasteiger charge is -2.32. The van der Waals surface area contributed by atoms with E-state index in [0.29, 0.717) is 0 Å². The maximum absolute atomic E-state index is 5.33. The summed E-state index contributed by atoms with van der Waals surface area (Å²) in [7, 11) is 0. The van der Waals surface area contributed by atoms with Crippen molar-refractivity contribution in [3.05, 3.63) is 34.9 Å². The largest absolute Gasteiger partial charge is 0.259 e. The normalized spacial score (nSPS) is 18.5. The Hall–Kier alpha value is -0.860. The summed E-state index contributed by atoms with van der Waals surface area (Å²) in [6, 6.07) is 6.50. The summed E-state index contributed by atoms with van der Waals surface area (Å²) >= 11 is 0. The summed E-state index contributed by atoms with van der Waals surface area (Å²) in [5.74, 6) is -0.510. The van der Waals surface area contributed by atoms with Gasteiger partial charge in [0.25, 0.3) is 5.79 Å². The van der Waals surface area contributed by atoms with Crippen molar-refractivity contribution in [2.24, 2.45) is 0 Å². The highest BCUT2D eigenvalue weighted by molar-refractivity contribution is 5.46. The molecule has 2 heteroatoms. The molecule has 1 fully saturated rings. The molecule has 0 amide bonds. The van der Waals surface area contributed by atoms with Crippen molar-refractivity contribution < 1.29 is 9.78 Å². The van der Waals surface area contributed by atoms with Crippen molar-refractivity contribution in [1.29, 1.82) is 0 Å². The van der Waals surface area contributed by atoms with Crippen LogP contribution in [-0.2, 0) is 26.4 Å². The Morgan fingerprint density at radius 1 is 0.947 bits per heavy atom. The monoisotopic (exact) mass is 262 g/mol. The third-order valence-corrected chi connectivity index (χ3v) is 3.78. The average molecular weight is 262 g/mol. The lowest BCUT2D eigenvalue weighted by molar-refractivity contribution is 0.0850. The van der Waals surface area contributed by atoms with E-state index in [9.17, 15) is 0 Å². The molecule has 0 aliphatic carbocycles. The van der Waals surface area contributed by atoms with Gasteiger partial charge in [0.1, 0.15) is 0 Å². The van der Waals surface area contributed by atoms with Crippen LogP contribution in [0.5, 0.6) is 0 Å². The van der Waals surface area contributed by atoms with Crippen molar-refractivity contribution in [1.82, 2.24) is 0 Å². The van der Waals surface area contributed by atoms with Crippen molar-refractivity contribution in [2.45, 2.75) is 71.5 Å². The molecule has 0 saturated carbocycles. The molecule has 1 saturated heterocycles. The van der Waals surface area contributed by atoms with Crippen molar-refractivity contribution in [2.75, 3.05) is 0 Å². The zero-order valence-corrected chi connectivity index (χ0v) is 13.3. The lowest BCUT2D eigenvalue weighted by atomic mass is 9.72. The number of hydrogen-bond donors (Lipinski definition) is 0. The molecule has 19 heavy (non-hydrogen) atoms. The molecular weight excluding hydrogens is 236 g/mol. The van der Waals surface area contributed by atoms with Gasteiger partial charge in [-0.1, -0.05) is 66.7 Å². The van der Waals surface area contributed by atoms with Gasteiger partial charge in [-0.15, -0.1) is 0 Å². The molecule has 1 heterocycles. The van der Waals surface area contributed by atoms with Gasteiger partial charge in [-0.3, -0.25) is 0 Å². The molecule has 106 valence electrons. The highest BCUT2D eigenvalue weighted by Crippen LogP contribution is 2.49. The van der Waals surface area contributed by atoms with E-state index in [-0.39, 0.29) is 10.8 Å². The molecule has 1 aliphatic heterocycles. The average Bonchev–Trinajstić information content (AvgIpc) is 3.06. The quantitative estimate of drug-likeness (QED) is 0.564. The molecule has 0 bridgehead atoms. The van der Waals surface area contributed by atoms with Crippen molar-refractivity contribution >= 4 is 0 Å². The van der Waals surface area contributed by atoms with E-state index in [0.717, 1.165) is 6.42 Å². The van der Waals surface area contributed by atoms with Crippen LogP contribution in [0.15, 0.2) is 18.2 Å². The van der Waals surface area contributed by atoms with Crippen LogP contribution in [0, 0.1) is 0 Å². The Kier molecular flexibility index (Phi) is 3.31. The molecule has 0 atom stereocenters. The first-order valence-electron chi connectivity index (χ1n) is 7.13. The second-order valence-electron chi connectivity index (χ2n) is 7.50. The Bertz CT molecular complexity index is 471. The van der Waals surface area contributed by atoms with Crippen LogP contribution >= 0.6 is 0 Å². The van der Waals surface area contributed by atoms with Crippen LogP contribution in [0.4, 0.5) is 0 Å². The predicted octanol–water partition coefficient (Wildman–Crippen LogP) is 4.81. The Morgan fingerprint density at radius 3 is 1.89 bits per heavy atom. The Morgan fingerprint density at radius 2 is 1.53 bits per heavy atom. The number of benzene rings is 1. The molecule has 1 aromatic rings. The predicted molar refractivity (Wildman–Crippen MR) is 78.0 cm³/mol. The SMILES string of the molecule is CCC1(c2cccc(C(C)(C)C)c2C(C)(C)C)OO1. The van der Waals surface area contributed by atoms with Gasteiger partial charge in [0.05, 0.1) is 0 Å². The van der Waals surface area contributed by atoms with E-state index >= 15 is 0 Å². The molecule has 0 aromatic heterocycles. The standard InChI is InChI=1S/C17H26O2/c1-8-17(18-19-17)13-11-9-10-12(15(2,3)4)14(13)16(5,6)7/h9-11H,8H2,1-7H3. The van der Waals surface area contributed by atoms with E-state index in [2.05, 4.69) is 66.7 Å². The van der Waals surface area contributed by atoms with Crippen LogP contribution in [0.2, 0.25) is 0 Å². The molecule has 0 unspecified atom stereocenters. The van der Waals surface area contributed by atoms with Gasteiger partial charge in [-0.05, 0) is 22.0 Å². The van der Waals surface area contributed by atoms with E-state index in [1.165, 1.54) is 16.7 Å². The van der Waals surface area contributed by atoms with Gasteiger partial charge in [-0.2, -0.15) is 9.78 Å². The summed E-state index contributed by atoms with van der Waals surface area (Å²) in [6.45, 7) is 15.6. The van der Waals surface area contributed by atoms with Gasteiger partial charge in [0, 0.05) is 12.0 Å². The minimum atomic E-state index is -0.510. The van der Waals surface area contributed by atoms with E-state index < -0.39 is 5.79 Å². The second kappa shape index (κ2) is 4.32. The van der Waals surface area contributed by atoms with Crippen LogP contribution in [0.3, 0.4) is 0 Å². The summed E-state index contributed by atoms with van der Waals surface area (Å²) in [6.07, 6.45) is 0.837. The van der Waals surface area contributed by atoms with E-state index in [1.54, 1.807) is 0 Å². The van der Waals surface area contributed by atoms with E-state index in [4.69, 9.17) is 9.78 Å².